The summed E-state index contributed by atoms with van der Waals surface area (Å²) in [7, 11) is 1.79. The molecule has 1 aliphatic heterocycles. The Morgan fingerprint density at radius 3 is 2.83 bits per heavy atom. The van der Waals surface area contributed by atoms with Crippen LogP contribution in [0.15, 0.2) is 18.2 Å². The Morgan fingerprint density at radius 2 is 2.22 bits per heavy atom. The summed E-state index contributed by atoms with van der Waals surface area (Å²) in [6, 6.07) is 6.04. The molecule has 4 nitrogen and oxygen atoms in total. The summed E-state index contributed by atoms with van der Waals surface area (Å²) >= 11 is 0. The molecule has 1 aromatic rings. The van der Waals surface area contributed by atoms with E-state index in [1.54, 1.807) is 11.9 Å². The first kappa shape index (κ1) is 12.9. The van der Waals surface area contributed by atoms with Gasteiger partial charge in [-0.2, -0.15) is 0 Å². The Labute approximate surface area is 108 Å². The van der Waals surface area contributed by atoms with Crippen molar-refractivity contribution in [2.75, 3.05) is 11.9 Å². The van der Waals surface area contributed by atoms with E-state index in [4.69, 9.17) is 10.5 Å². The number of fused-ring (bicyclic) bond motifs is 1. The largest absolute Gasteiger partial charge is 0.478 e. The number of hydrogen-bond donors (Lipinski definition) is 1. The lowest BCUT2D eigenvalue weighted by Gasteiger charge is -2.32. The first-order valence-corrected chi connectivity index (χ1v) is 6.35. The predicted octanol–water partition coefficient (Wildman–Crippen LogP) is 1.71. The fourth-order valence-electron chi connectivity index (χ4n) is 2.22. The molecule has 1 heterocycles. The maximum Gasteiger partial charge on any atom is 0.267 e. The lowest BCUT2D eigenvalue weighted by molar-refractivity contribution is -0.126. The topological polar surface area (TPSA) is 55.6 Å². The third-order valence-electron chi connectivity index (χ3n) is 3.19. The maximum absolute atomic E-state index is 12.0. The number of likely N-dealkylation sites (N-methyl/N-ethyl adjacent to an activating group) is 1. The maximum atomic E-state index is 12.0. The van der Waals surface area contributed by atoms with Crippen LogP contribution >= 0.6 is 0 Å². The zero-order valence-electron chi connectivity index (χ0n) is 11.1. The molecule has 0 saturated carbocycles. The number of rotatable bonds is 3. The normalized spacial score (nSPS) is 20.3. The fraction of sp³-hybridized carbons (Fsp3) is 0.500. The van der Waals surface area contributed by atoms with E-state index in [0.717, 1.165) is 23.4 Å². The van der Waals surface area contributed by atoms with Gasteiger partial charge in [0.2, 0.25) is 0 Å². The molecule has 0 aromatic heterocycles. The fourth-order valence-corrected chi connectivity index (χ4v) is 2.22. The number of carbonyl (C=O) groups is 1. The lowest BCUT2D eigenvalue weighted by atomic mass is 10.0. The monoisotopic (exact) mass is 248 g/mol. The molecule has 0 fully saturated rings. The average molecular weight is 248 g/mol. The molecule has 0 bridgehead atoms. The van der Waals surface area contributed by atoms with Crippen LogP contribution in [-0.2, 0) is 11.2 Å². The summed E-state index contributed by atoms with van der Waals surface area (Å²) in [5, 5.41) is 0. The van der Waals surface area contributed by atoms with E-state index in [0.29, 0.717) is 6.42 Å². The van der Waals surface area contributed by atoms with E-state index >= 15 is 0 Å². The van der Waals surface area contributed by atoms with Crippen LogP contribution in [0.3, 0.4) is 0 Å². The smallest absolute Gasteiger partial charge is 0.267 e. The molecule has 4 heteroatoms. The number of nitrogens with two attached hydrogens (primary N) is 1. The van der Waals surface area contributed by atoms with Gasteiger partial charge < -0.3 is 15.4 Å². The van der Waals surface area contributed by atoms with Gasteiger partial charge in [-0.05, 0) is 37.5 Å². The lowest BCUT2D eigenvalue weighted by Crippen LogP contribution is -2.43. The molecular formula is C14H20N2O2. The number of benzene rings is 1. The van der Waals surface area contributed by atoms with Crippen LogP contribution in [0.4, 0.5) is 5.69 Å². The highest BCUT2D eigenvalue weighted by atomic mass is 16.5. The Kier molecular flexibility index (Phi) is 3.57. The predicted molar refractivity (Wildman–Crippen MR) is 71.9 cm³/mol. The third kappa shape index (κ3) is 2.34. The third-order valence-corrected chi connectivity index (χ3v) is 3.19. The first-order chi connectivity index (χ1) is 8.52. The van der Waals surface area contributed by atoms with E-state index in [1.165, 1.54) is 0 Å². The summed E-state index contributed by atoms with van der Waals surface area (Å²) in [5.41, 5.74) is 7.76. The molecular weight excluding hydrogens is 228 g/mol. The second-order valence-electron chi connectivity index (χ2n) is 4.90. The number of carbonyl (C=O) groups excluding carboxylic acids is 1. The minimum Gasteiger partial charge on any atom is -0.478 e. The van der Waals surface area contributed by atoms with Crippen molar-refractivity contribution in [2.45, 2.75) is 38.8 Å². The van der Waals surface area contributed by atoms with Crippen LogP contribution in [0.25, 0.3) is 0 Å². The van der Waals surface area contributed by atoms with Crippen molar-refractivity contribution in [3.05, 3.63) is 23.8 Å². The minimum atomic E-state index is -0.359. The Hall–Kier alpha value is -1.55. The van der Waals surface area contributed by atoms with Crippen molar-refractivity contribution in [2.24, 2.45) is 5.73 Å². The highest BCUT2D eigenvalue weighted by molar-refractivity contribution is 5.99. The molecule has 2 atom stereocenters. The van der Waals surface area contributed by atoms with Gasteiger partial charge in [-0.3, -0.25) is 4.79 Å². The Balaban J connectivity index is 2.33. The first-order valence-electron chi connectivity index (χ1n) is 6.35. The van der Waals surface area contributed by atoms with Gasteiger partial charge in [0.1, 0.15) is 5.75 Å². The number of ether oxygens (including phenoxy) is 1. The van der Waals surface area contributed by atoms with Crippen molar-refractivity contribution in [3.8, 4) is 5.75 Å². The molecule has 18 heavy (non-hydrogen) atoms. The standard InChI is InChI=1S/C14H20N2O2/c1-4-12-14(17)16(3)11-8-10(7-9(2)15)5-6-13(11)18-12/h5-6,8-9,12H,4,7,15H2,1-3H3. The van der Waals surface area contributed by atoms with Crippen molar-refractivity contribution in [3.63, 3.8) is 0 Å². The van der Waals surface area contributed by atoms with Gasteiger partial charge in [0.15, 0.2) is 6.10 Å². The quantitative estimate of drug-likeness (QED) is 0.886. The Morgan fingerprint density at radius 1 is 1.50 bits per heavy atom. The van der Waals surface area contributed by atoms with Gasteiger partial charge >= 0.3 is 0 Å². The average Bonchev–Trinajstić information content (AvgIpc) is 2.33. The second kappa shape index (κ2) is 4.98. The molecule has 2 N–H and O–H groups in total. The summed E-state index contributed by atoms with van der Waals surface area (Å²) in [5.74, 6) is 0.792. The minimum absolute atomic E-state index is 0.0166. The summed E-state index contributed by atoms with van der Waals surface area (Å²) in [6.07, 6.45) is 1.12. The van der Waals surface area contributed by atoms with Gasteiger partial charge in [0.05, 0.1) is 5.69 Å². The summed E-state index contributed by atoms with van der Waals surface area (Å²) in [6.45, 7) is 3.92. The highest BCUT2D eigenvalue weighted by Gasteiger charge is 2.30. The van der Waals surface area contributed by atoms with E-state index in [1.807, 2.05) is 32.0 Å². The molecule has 1 amide bonds. The summed E-state index contributed by atoms with van der Waals surface area (Å²) < 4.78 is 5.70. The van der Waals surface area contributed by atoms with Gasteiger partial charge in [0, 0.05) is 13.1 Å². The van der Waals surface area contributed by atoms with Crippen LogP contribution in [-0.4, -0.2) is 25.1 Å². The van der Waals surface area contributed by atoms with Gasteiger partial charge in [-0.15, -0.1) is 0 Å². The number of hydrogen-bond acceptors (Lipinski definition) is 3. The van der Waals surface area contributed by atoms with E-state index in [9.17, 15) is 4.79 Å². The van der Waals surface area contributed by atoms with Crippen LogP contribution in [0.2, 0.25) is 0 Å². The van der Waals surface area contributed by atoms with Gasteiger partial charge in [-0.25, -0.2) is 0 Å². The second-order valence-corrected chi connectivity index (χ2v) is 4.90. The highest BCUT2D eigenvalue weighted by Crippen LogP contribution is 2.34. The van der Waals surface area contributed by atoms with Crippen LogP contribution in [0.5, 0.6) is 5.75 Å². The number of anilines is 1. The molecule has 0 radical (unpaired) electrons. The SMILES string of the molecule is CCC1Oc2ccc(CC(C)N)cc2N(C)C1=O. The van der Waals surface area contributed by atoms with Gasteiger partial charge in [-0.1, -0.05) is 13.0 Å². The number of nitrogens with zero attached hydrogens (tertiary/aromatic N) is 1. The molecule has 0 spiro atoms. The number of amides is 1. The molecule has 0 saturated heterocycles. The van der Waals surface area contributed by atoms with Crippen LogP contribution in [0, 0.1) is 0 Å². The molecule has 2 rings (SSSR count). The molecule has 98 valence electrons. The molecule has 0 aliphatic carbocycles. The van der Waals surface area contributed by atoms with E-state index in [2.05, 4.69) is 0 Å². The zero-order chi connectivity index (χ0) is 13.3. The van der Waals surface area contributed by atoms with Crippen LogP contribution in [0.1, 0.15) is 25.8 Å². The van der Waals surface area contributed by atoms with Crippen molar-refractivity contribution in [1.29, 1.82) is 0 Å². The van der Waals surface area contributed by atoms with Crippen molar-refractivity contribution >= 4 is 11.6 Å². The van der Waals surface area contributed by atoms with Gasteiger partial charge in [0.25, 0.3) is 5.91 Å². The molecule has 1 aromatic carbocycles. The van der Waals surface area contributed by atoms with Crippen LogP contribution < -0.4 is 15.4 Å². The molecule has 2 unspecified atom stereocenters. The van der Waals surface area contributed by atoms with Crippen molar-refractivity contribution < 1.29 is 9.53 Å². The van der Waals surface area contributed by atoms with Crippen molar-refractivity contribution in [1.82, 2.24) is 0 Å². The zero-order valence-corrected chi connectivity index (χ0v) is 11.1. The molecule has 1 aliphatic rings. The summed E-state index contributed by atoms with van der Waals surface area (Å²) in [4.78, 5) is 13.7. The Bertz CT molecular complexity index is 457. The van der Waals surface area contributed by atoms with E-state index in [-0.39, 0.29) is 18.1 Å². The van der Waals surface area contributed by atoms with E-state index < -0.39 is 0 Å².